The van der Waals surface area contributed by atoms with Gasteiger partial charge >= 0.3 is 6.09 Å². The quantitative estimate of drug-likeness (QED) is 0.0873. The summed E-state index contributed by atoms with van der Waals surface area (Å²) in [6.45, 7) is 3.01. The summed E-state index contributed by atoms with van der Waals surface area (Å²) in [4.78, 5) is 23.3. The zero-order valence-corrected chi connectivity index (χ0v) is 24.1. The van der Waals surface area contributed by atoms with Crippen LogP contribution in [0.25, 0.3) is 0 Å². The highest BCUT2D eigenvalue weighted by Crippen LogP contribution is 2.37. The number of ether oxygens (including phenoxy) is 1. The number of hydrogen-bond acceptors (Lipinski definition) is 6. The van der Waals surface area contributed by atoms with Crippen molar-refractivity contribution in [2.45, 2.75) is 110 Å². The number of unbranched alkanes of at least 4 members (excludes halogenated alkanes) is 15. The van der Waals surface area contributed by atoms with E-state index in [-0.39, 0.29) is 19.8 Å². The van der Waals surface area contributed by atoms with E-state index in [0.717, 1.165) is 12.8 Å². The van der Waals surface area contributed by atoms with Gasteiger partial charge in [-0.25, -0.2) is 4.79 Å². The summed E-state index contributed by atoms with van der Waals surface area (Å²) in [6.07, 6.45) is 20.4. The summed E-state index contributed by atoms with van der Waals surface area (Å²) in [5.74, 6) is 0. The number of quaternary nitrogens is 1. The zero-order valence-electron chi connectivity index (χ0n) is 23.2. The summed E-state index contributed by atoms with van der Waals surface area (Å²) in [7, 11) is 1.44. The molecule has 0 radical (unpaired) electrons. The van der Waals surface area contributed by atoms with E-state index in [1.165, 1.54) is 89.9 Å². The zero-order chi connectivity index (χ0) is 26.3. The Kier molecular flexibility index (Phi) is 22.1. The van der Waals surface area contributed by atoms with Gasteiger partial charge in [0.05, 0.1) is 27.7 Å². The Hall–Kier alpha value is -0.660. The maximum Gasteiger partial charge on any atom is 0.407 e. The average molecular weight is 523 g/mol. The average Bonchev–Trinajstić information content (AvgIpc) is 2.77. The van der Waals surface area contributed by atoms with Gasteiger partial charge in [-0.2, -0.15) is 0 Å². The van der Waals surface area contributed by atoms with Crippen molar-refractivity contribution in [1.82, 2.24) is 5.32 Å². The van der Waals surface area contributed by atoms with Crippen molar-refractivity contribution in [3.05, 3.63) is 0 Å². The van der Waals surface area contributed by atoms with Gasteiger partial charge in [0.1, 0.15) is 19.8 Å². The van der Waals surface area contributed by atoms with Crippen LogP contribution in [0.15, 0.2) is 0 Å². The van der Waals surface area contributed by atoms with E-state index in [1.807, 2.05) is 21.1 Å². The minimum atomic E-state index is -4.37. The van der Waals surface area contributed by atoms with Crippen LogP contribution in [0.5, 0.6) is 0 Å². The van der Waals surface area contributed by atoms with Crippen LogP contribution in [0.3, 0.4) is 0 Å². The number of amides is 1. The van der Waals surface area contributed by atoms with E-state index in [2.05, 4.69) is 12.2 Å². The molecule has 1 unspecified atom stereocenters. The molecule has 0 bridgehead atoms. The molecule has 1 atom stereocenters. The molecule has 0 heterocycles. The number of nitrogens with zero attached hydrogens (tertiary/aromatic N) is 1. The molecule has 0 rings (SSSR count). The molecule has 9 heteroatoms. The second kappa shape index (κ2) is 22.5. The van der Waals surface area contributed by atoms with Gasteiger partial charge in [0.25, 0.3) is 7.82 Å². The highest BCUT2D eigenvalue weighted by molar-refractivity contribution is 7.45. The lowest BCUT2D eigenvalue weighted by Gasteiger charge is -2.27. The summed E-state index contributed by atoms with van der Waals surface area (Å²) in [6, 6.07) is 0. The molecule has 0 saturated carbocycles. The van der Waals surface area contributed by atoms with Crippen molar-refractivity contribution in [2.75, 3.05) is 54.1 Å². The Morgan fingerprint density at radius 2 is 1.14 bits per heavy atom. The van der Waals surface area contributed by atoms with E-state index in [9.17, 15) is 14.3 Å². The number of nitrogens with one attached hydrogen (secondary N) is 1. The lowest BCUT2D eigenvalue weighted by Crippen LogP contribution is -2.37. The second-order valence-corrected chi connectivity index (χ2v) is 11.9. The van der Waals surface area contributed by atoms with Gasteiger partial charge in [0, 0.05) is 6.54 Å². The number of likely N-dealkylation sites (N-methyl/N-ethyl adjacent to an activating group) is 1. The minimum Gasteiger partial charge on any atom is -0.756 e. The van der Waals surface area contributed by atoms with E-state index in [4.69, 9.17) is 13.8 Å². The van der Waals surface area contributed by atoms with Crippen LogP contribution in [0.1, 0.15) is 110 Å². The third-order valence-electron chi connectivity index (χ3n) is 5.88. The van der Waals surface area contributed by atoms with Crippen molar-refractivity contribution < 1.29 is 32.5 Å². The number of phosphoric ester groups is 1. The molecule has 0 spiro atoms. The lowest BCUT2D eigenvalue weighted by molar-refractivity contribution is -0.870. The van der Waals surface area contributed by atoms with Crippen molar-refractivity contribution in [3.8, 4) is 0 Å². The molecule has 0 saturated heterocycles. The van der Waals surface area contributed by atoms with E-state index < -0.39 is 13.9 Å². The molecule has 0 aliphatic rings. The van der Waals surface area contributed by atoms with Gasteiger partial charge in [-0.3, -0.25) is 4.57 Å². The fraction of sp³-hybridized carbons (Fsp3) is 0.962. The van der Waals surface area contributed by atoms with Gasteiger partial charge in [0.15, 0.2) is 0 Å². The van der Waals surface area contributed by atoms with Crippen molar-refractivity contribution in [2.24, 2.45) is 0 Å². The van der Waals surface area contributed by atoms with Gasteiger partial charge in [-0.05, 0) is 6.42 Å². The number of alkyl carbamates (subject to hydrolysis) is 1. The van der Waals surface area contributed by atoms with E-state index in [0.29, 0.717) is 17.6 Å². The van der Waals surface area contributed by atoms with Crippen LogP contribution in [0, 0.1) is 0 Å². The molecule has 0 aliphatic carbocycles. The van der Waals surface area contributed by atoms with Crippen LogP contribution in [-0.4, -0.2) is 64.6 Å². The van der Waals surface area contributed by atoms with Crippen LogP contribution < -0.4 is 10.2 Å². The van der Waals surface area contributed by atoms with E-state index in [1.54, 1.807) is 0 Å². The summed E-state index contributed by atoms with van der Waals surface area (Å²) in [5, 5.41) is 2.68. The fourth-order valence-corrected chi connectivity index (χ4v) is 4.34. The highest BCUT2D eigenvalue weighted by Gasteiger charge is 2.13. The minimum absolute atomic E-state index is 0.0466. The lowest BCUT2D eigenvalue weighted by atomic mass is 10.0. The Bertz CT molecular complexity index is 542. The van der Waals surface area contributed by atoms with Crippen LogP contribution in [0.4, 0.5) is 4.79 Å². The van der Waals surface area contributed by atoms with Gasteiger partial charge < -0.3 is 28.5 Å². The predicted octanol–water partition coefficient (Wildman–Crippen LogP) is 6.18. The molecule has 1 amide bonds. The number of carbonyl (C=O) groups excluding carboxylic acids is 1. The number of carbonyl (C=O) groups is 1. The van der Waals surface area contributed by atoms with Crippen molar-refractivity contribution in [3.63, 3.8) is 0 Å². The molecule has 0 aromatic carbocycles. The number of phosphoric acid groups is 1. The standard InChI is InChI=1S/C26H55N2O6P/c1-5-6-7-8-9-10-11-12-13-14-15-16-17-18-19-20-21-27-26(29)32-24-25-34-35(30,31)33-23-22-28(2,3)4/h5-25H2,1-4H3,(H-,27,29,30,31). The molecule has 0 aromatic rings. The maximum atomic E-state index is 11.6. The first-order chi connectivity index (χ1) is 16.7. The van der Waals surface area contributed by atoms with Crippen LogP contribution in [0.2, 0.25) is 0 Å². The summed E-state index contributed by atoms with van der Waals surface area (Å²) >= 11 is 0. The smallest absolute Gasteiger partial charge is 0.407 e. The largest absolute Gasteiger partial charge is 0.756 e. The first-order valence-electron chi connectivity index (χ1n) is 14.0. The maximum absolute atomic E-state index is 11.6. The molecule has 1 N–H and O–H groups in total. The molecular formula is C26H55N2O6P. The summed E-state index contributed by atoms with van der Waals surface area (Å²) in [5.41, 5.74) is 0. The molecule has 0 fully saturated rings. The summed E-state index contributed by atoms with van der Waals surface area (Å²) < 4.78 is 26.6. The number of hydrogen-bond donors (Lipinski definition) is 1. The molecule has 35 heavy (non-hydrogen) atoms. The molecular weight excluding hydrogens is 467 g/mol. The molecule has 8 nitrogen and oxygen atoms in total. The van der Waals surface area contributed by atoms with Gasteiger partial charge in [0.2, 0.25) is 0 Å². The molecule has 210 valence electrons. The monoisotopic (exact) mass is 522 g/mol. The molecule has 0 aliphatic heterocycles. The first-order valence-corrected chi connectivity index (χ1v) is 15.4. The first kappa shape index (κ1) is 34.3. The van der Waals surface area contributed by atoms with E-state index >= 15 is 0 Å². The van der Waals surface area contributed by atoms with Crippen molar-refractivity contribution >= 4 is 13.9 Å². The van der Waals surface area contributed by atoms with Crippen LogP contribution in [-0.2, 0) is 18.3 Å². The van der Waals surface area contributed by atoms with Crippen LogP contribution >= 0.6 is 7.82 Å². The Morgan fingerprint density at radius 1 is 0.714 bits per heavy atom. The van der Waals surface area contributed by atoms with Crippen molar-refractivity contribution in [1.29, 1.82) is 0 Å². The fourth-order valence-electron chi connectivity index (χ4n) is 3.66. The molecule has 0 aromatic heterocycles. The Labute approximate surface area is 215 Å². The second-order valence-electron chi connectivity index (χ2n) is 10.5. The Balaban J connectivity index is 3.37. The van der Waals surface area contributed by atoms with Gasteiger partial charge in [-0.1, -0.05) is 103 Å². The third-order valence-corrected chi connectivity index (χ3v) is 6.87. The normalized spacial score (nSPS) is 13.5. The van der Waals surface area contributed by atoms with Gasteiger partial charge in [-0.15, -0.1) is 0 Å². The number of rotatable bonds is 25. The highest BCUT2D eigenvalue weighted by atomic mass is 31.2. The topological polar surface area (TPSA) is 96.9 Å². The Morgan fingerprint density at radius 3 is 1.60 bits per heavy atom. The third kappa shape index (κ3) is 27.8. The SMILES string of the molecule is CCCCCCCCCCCCCCCCCCNC(=O)OCCOP(=O)([O-])OCC[N+](C)(C)C. The predicted molar refractivity (Wildman–Crippen MR) is 141 cm³/mol.